The number of hydroxylamine groups is 2. The first-order chi connectivity index (χ1) is 25.5. The summed E-state index contributed by atoms with van der Waals surface area (Å²) in [4.78, 5) is 69.2. The first kappa shape index (κ1) is 37.1. The number of ketones is 1. The molecule has 0 bridgehead atoms. The Hall–Kier alpha value is -5.63. The van der Waals surface area contributed by atoms with Crippen molar-refractivity contribution in [2.24, 2.45) is 0 Å². The number of carbonyl (C=O) groups is 2. The van der Waals surface area contributed by atoms with E-state index in [4.69, 9.17) is 4.84 Å². The predicted molar refractivity (Wildman–Crippen MR) is 210 cm³/mol. The van der Waals surface area contributed by atoms with Gasteiger partial charge in [0.15, 0.2) is 0 Å². The number of fused-ring (bicyclic) bond motifs is 2. The molecule has 7 rings (SSSR count). The summed E-state index contributed by atoms with van der Waals surface area (Å²) in [6.45, 7) is 2.75. The van der Waals surface area contributed by atoms with E-state index < -0.39 is 5.91 Å². The lowest BCUT2D eigenvalue weighted by Gasteiger charge is -2.16. The van der Waals surface area contributed by atoms with Crippen LogP contribution in [0.25, 0.3) is 21.8 Å². The third-order valence-electron chi connectivity index (χ3n) is 8.37. The van der Waals surface area contributed by atoms with Crippen LogP contribution in [0.4, 0.5) is 0 Å². The van der Waals surface area contributed by atoms with Crippen molar-refractivity contribution in [3.8, 4) is 0 Å². The molecule has 11 nitrogen and oxygen atoms in total. The average molecular weight is 837 g/mol. The molecule has 0 radical (unpaired) electrons. The molecule has 0 aliphatic rings. The maximum atomic E-state index is 13.0. The van der Waals surface area contributed by atoms with Crippen molar-refractivity contribution in [2.45, 2.75) is 20.0 Å². The molecular formula is C40H32Br2N6O5. The minimum Gasteiger partial charge on any atom is -0.340 e. The zero-order valence-electron chi connectivity index (χ0n) is 28.9. The van der Waals surface area contributed by atoms with Crippen LogP contribution in [0.15, 0.2) is 134 Å². The molecule has 7 aromatic rings. The van der Waals surface area contributed by atoms with Crippen molar-refractivity contribution >= 4 is 65.4 Å². The van der Waals surface area contributed by atoms with Gasteiger partial charge in [-0.3, -0.25) is 29.0 Å². The van der Waals surface area contributed by atoms with Crippen LogP contribution in [-0.4, -0.2) is 55.0 Å². The molecule has 13 heteroatoms. The standard InChI is InChI=1S/C22H16BrN3O2.C18H16BrN3O3/c1-14-9-10-24-18(11-14)22(28)17-13-26(12-15-5-4-8-20(23)25-15)19-7-3-2-6-16(19)21(17)27;1-21(25-2)18(24)14-11-22(10-12-6-5-9-16(19)20-12)15-8-4-3-7-13(15)17(14)23/h2-11,13H,12H2,1H3;3-9,11H,10H2,1-2H3. The Balaban J connectivity index is 0.000000183. The number of hydrogen-bond acceptors (Lipinski definition) is 8. The third-order valence-corrected chi connectivity index (χ3v) is 9.25. The molecule has 2 aromatic carbocycles. The molecule has 0 saturated carbocycles. The summed E-state index contributed by atoms with van der Waals surface area (Å²) < 4.78 is 5.19. The smallest absolute Gasteiger partial charge is 0.282 e. The highest BCUT2D eigenvalue weighted by Gasteiger charge is 2.20. The number of pyridine rings is 5. The van der Waals surface area contributed by atoms with Crippen LogP contribution < -0.4 is 10.9 Å². The zero-order chi connectivity index (χ0) is 37.6. The van der Waals surface area contributed by atoms with E-state index in [1.807, 2.05) is 82.8 Å². The van der Waals surface area contributed by atoms with E-state index in [2.05, 4.69) is 46.8 Å². The summed E-state index contributed by atoms with van der Waals surface area (Å²) in [5, 5.41) is 2.01. The monoisotopic (exact) mass is 834 g/mol. The molecule has 0 unspecified atom stereocenters. The molecule has 1 amide bonds. The maximum Gasteiger partial charge on any atom is 0.282 e. The molecule has 0 aliphatic heterocycles. The second-order valence-corrected chi connectivity index (χ2v) is 13.6. The Morgan fingerprint density at radius 3 is 1.74 bits per heavy atom. The zero-order valence-corrected chi connectivity index (χ0v) is 32.0. The predicted octanol–water partition coefficient (Wildman–Crippen LogP) is 6.98. The van der Waals surface area contributed by atoms with E-state index >= 15 is 0 Å². The fraction of sp³-hybridized carbons (Fsp3) is 0.125. The van der Waals surface area contributed by atoms with Gasteiger partial charge in [0, 0.05) is 36.4 Å². The Labute approximate surface area is 320 Å². The highest BCUT2D eigenvalue weighted by atomic mass is 79.9. The van der Waals surface area contributed by atoms with E-state index in [-0.39, 0.29) is 33.5 Å². The van der Waals surface area contributed by atoms with Crippen LogP contribution >= 0.6 is 31.9 Å². The molecule has 53 heavy (non-hydrogen) atoms. The van der Waals surface area contributed by atoms with Gasteiger partial charge in [0.1, 0.15) is 20.5 Å². The quantitative estimate of drug-likeness (QED) is 0.0912. The van der Waals surface area contributed by atoms with Crippen LogP contribution in [0.3, 0.4) is 0 Å². The minimum atomic E-state index is -0.491. The lowest BCUT2D eigenvalue weighted by Crippen LogP contribution is -2.31. The summed E-state index contributed by atoms with van der Waals surface area (Å²) in [6, 6.07) is 29.3. The van der Waals surface area contributed by atoms with E-state index in [1.54, 1.807) is 48.9 Å². The summed E-state index contributed by atoms with van der Waals surface area (Å²) in [5.74, 6) is -0.871. The fourth-order valence-corrected chi connectivity index (χ4v) is 6.50. The highest BCUT2D eigenvalue weighted by Crippen LogP contribution is 2.18. The number of hydrogen-bond donors (Lipinski definition) is 0. The van der Waals surface area contributed by atoms with E-state index in [0.717, 1.165) is 42.3 Å². The summed E-state index contributed by atoms with van der Waals surface area (Å²) >= 11 is 6.73. The molecule has 0 fully saturated rings. The third kappa shape index (κ3) is 8.38. The number of benzene rings is 2. The van der Waals surface area contributed by atoms with Crippen LogP contribution in [0.5, 0.6) is 0 Å². The lowest BCUT2D eigenvalue weighted by molar-refractivity contribution is -0.0758. The second kappa shape index (κ2) is 16.4. The van der Waals surface area contributed by atoms with Crippen molar-refractivity contribution in [3.63, 3.8) is 0 Å². The molecule has 0 saturated heterocycles. The summed E-state index contributed by atoms with van der Waals surface area (Å²) in [7, 11) is 2.85. The van der Waals surface area contributed by atoms with Crippen molar-refractivity contribution in [2.75, 3.05) is 14.2 Å². The van der Waals surface area contributed by atoms with Gasteiger partial charge in [-0.2, -0.15) is 0 Å². The van der Waals surface area contributed by atoms with Crippen molar-refractivity contribution < 1.29 is 14.4 Å². The number of rotatable bonds is 8. The first-order valence-corrected chi connectivity index (χ1v) is 17.9. The van der Waals surface area contributed by atoms with Gasteiger partial charge >= 0.3 is 0 Å². The Morgan fingerprint density at radius 2 is 1.23 bits per heavy atom. The van der Waals surface area contributed by atoms with Gasteiger partial charge in [-0.05, 0) is 105 Å². The van der Waals surface area contributed by atoms with Gasteiger partial charge in [0.05, 0.1) is 48.2 Å². The lowest BCUT2D eigenvalue weighted by atomic mass is 10.0. The van der Waals surface area contributed by atoms with Crippen LogP contribution in [0.2, 0.25) is 0 Å². The van der Waals surface area contributed by atoms with Crippen LogP contribution in [0, 0.1) is 6.92 Å². The maximum absolute atomic E-state index is 13.0. The fourth-order valence-electron chi connectivity index (χ4n) is 5.74. The Morgan fingerprint density at radius 1 is 0.717 bits per heavy atom. The second-order valence-electron chi connectivity index (χ2n) is 12.0. The number of halogens is 2. The number of amides is 1. The molecule has 266 valence electrons. The average Bonchev–Trinajstić information content (AvgIpc) is 3.16. The van der Waals surface area contributed by atoms with Crippen LogP contribution in [0.1, 0.15) is 43.4 Å². The number of nitrogens with zero attached hydrogens (tertiary/aromatic N) is 6. The molecule has 5 aromatic heterocycles. The number of aromatic nitrogens is 5. The number of para-hydroxylation sites is 2. The normalized spacial score (nSPS) is 10.9. The van der Waals surface area contributed by atoms with Gasteiger partial charge < -0.3 is 9.13 Å². The van der Waals surface area contributed by atoms with E-state index in [0.29, 0.717) is 23.9 Å². The van der Waals surface area contributed by atoms with E-state index in [1.165, 1.54) is 14.2 Å². The molecular weight excluding hydrogens is 804 g/mol. The Bertz CT molecular complexity index is 2620. The first-order valence-electron chi connectivity index (χ1n) is 16.3. The molecule has 0 atom stereocenters. The van der Waals surface area contributed by atoms with Gasteiger partial charge in [-0.15, -0.1) is 0 Å². The van der Waals surface area contributed by atoms with Gasteiger partial charge in [-0.25, -0.2) is 15.0 Å². The summed E-state index contributed by atoms with van der Waals surface area (Å²) in [6.07, 6.45) is 4.75. The van der Waals surface area contributed by atoms with Gasteiger partial charge in [0.25, 0.3) is 5.91 Å². The largest absolute Gasteiger partial charge is 0.340 e. The molecule has 0 spiro atoms. The summed E-state index contributed by atoms with van der Waals surface area (Å²) in [5.41, 5.74) is 3.85. The van der Waals surface area contributed by atoms with E-state index in [9.17, 15) is 19.2 Å². The van der Waals surface area contributed by atoms with Gasteiger partial charge in [0.2, 0.25) is 16.6 Å². The van der Waals surface area contributed by atoms with Crippen molar-refractivity contribution in [3.05, 3.63) is 179 Å². The van der Waals surface area contributed by atoms with Crippen LogP contribution in [-0.2, 0) is 17.9 Å². The minimum absolute atomic E-state index is 0.0537. The number of aryl methyl sites for hydroxylation is 1. The van der Waals surface area contributed by atoms with Crippen molar-refractivity contribution in [1.29, 1.82) is 0 Å². The molecule has 0 aliphatic carbocycles. The van der Waals surface area contributed by atoms with Gasteiger partial charge in [-0.1, -0.05) is 36.4 Å². The molecule has 0 N–H and O–H groups in total. The highest BCUT2D eigenvalue weighted by molar-refractivity contribution is 9.10. The Kier molecular flexibility index (Phi) is 11.5. The molecule has 5 heterocycles. The van der Waals surface area contributed by atoms with Crippen molar-refractivity contribution in [1.82, 2.24) is 29.1 Å². The SMILES string of the molecule is CON(C)C(=O)c1cn(Cc2cccc(Br)n2)c2ccccc2c1=O.Cc1ccnc(C(=O)c2cn(Cc3cccc(Br)n3)c3ccccc3c2=O)c1. The topological polar surface area (TPSA) is 129 Å². The number of carbonyl (C=O) groups excluding carboxylic acids is 2.